The summed E-state index contributed by atoms with van der Waals surface area (Å²) < 4.78 is 25.4. The molecular weight excluding hydrogens is 666 g/mol. The van der Waals surface area contributed by atoms with Crippen LogP contribution in [0.15, 0.2) is 0 Å². The van der Waals surface area contributed by atoms with E-state index in [2.05, 4.69) is 6.92 Å². The fourth-order valence-electron chi connectivity index (χ4n) is 3.07. The van der Waals surface area contributed by atoms with Crippen molar-refractivity contribution in [3.8, 4) is 0 Å². The van der Waals surface area contributed by atoms with E-state index in [1.165, 1.54) is 4.90 Å². The number of carboxylic acids is 1. The van der Waals surface area contributed by atoms with Crippen molar-refractivity contribution in [2.75, 3.05) is 60.5 Å². The summed E-state index contributed by atoms with van der Waals surface area (Å²) in [6.45, 7) is 34.6. The zero-order valence-corrected chi connectivity index (χ0v) is 37.2. The van der Waals surface area contributed by atoms with Crippen molar-refractivity contribution in [3.05, 3.63) is 0 Å². The van der Waals surface area contributed by atoms with Crippen molar-refractivity contribution in [1.82, 2.24) is 0 Å². The highest BCUT2D eigenvalue weighted by Crippen LogP contribution is 2.26. The number of hydrogen-bond donors (Lipinski definition) is 1. The zero-order chi connectivity index (χ0) is 42.0. The summed E-state index contributed by atoms with van der Waals surface area (Å²) >= 11 is 0. The lowest BCUT2D eigenvalue weighted by Gasteiger charge is -2.28. The molecule has 0 spiro atoms. The molecule has 0 aliphatic carbocycles. The molecule has 1 unspecified atom stereocenters. The maximum atomic E-state index is 11.5. The molecule has 0 bridgehead atoms. The van der Waals surface area contributed by atoms with Gasteiger partial charge in [0.05, 0.1) is 50.2 Å². The zero-order valence-electron chi connectivity index (χ0n) is 37.2. The van der Waals surface area contributed by atoms with Crippen LogP contribution in [-0.4, -0.2) is 84.3 Å². The first-order valence-electron chi connectivity index (χ1n) is 19.7. The summed E-state index contributed by atoms with van der Waals surface area (Å²) in [6, 6.07) is 0. The maximum absolute atomic E-state index is 11.5. The molecule has 0 heterocycles. The molecule has 0 saturated heterocycles. The SMILES string of the molecule is CC.CCC(C)(C)C(=O)OCC[NH+](C)C.CCCC(C)(CC)C(=O)[O-].CCCCOC(=O)C(C)(C)CC.CCOCCOCOC(=O)C(C)(C)CC. The molecular formula is C41H85NO10. The first-order chi connectivity index (χ1) is 24.0. The Morgan fingerprint density at radius 1 is 0.558 bits per heavy atom. The molecule has 1 atom stereocenters. The molecule has 0 aromatic heterocycles. The Morgan fingerprint density at radius 3 is 1.27 bits per heavy atom. The number of rotatable bonds is 22. The van der Waals surface area contributed by atoms with Gasteiger partial charge in [0.15, 0.2) is 6.79 Å². The predicted octanol–water partition coefficient (Wildman–Crippen LogP) is 6.83. The van der Waals surface area contributed by atoms with Gasteiger partial charge in [-0.15, -0.1) is 0 Å². The van der Waals surface area contributed by atoms with E-state index in [1.54, 1.807) is 6.92 Å². The number of quaternary nitrogens is 1. The predicted molar refractivity (Wildman–Crippen MR) is 210 cm³/mol. The lowest BCUT2D eigenvalue weighted by atomic mass is 9.83. The van der Waals surface area contributed by atoms with Gasteiger partial charge in [-0.05, 0) is 87.0 Å². The largest absolute Gasteiger partial charge is 0.550 e. The van der Waals surface area contributed by atoms with E-state index < -0.39 is 16.8 Å². The van der Waals surface area contributed by atoms with E-state index in [1.807, 2.05) is 111 Å². The first-order valence-corrected chi connectivity index (χ1v) is 19.7. The number of esters is 3. The molecule has 0 fully saturated rings. The van der Waals surface area contributed by atoms with Crippen LogP contribution >= 0.6 is 0 Å². The Kier molecular flexibility index (Phi) is 39.2. The van der Waals surface area contributed by atoms with Crippen molar-refractivity contribution in [1.29, 1.82) is 0 Å². The van der Waals surface area contributed by atoms with Gasteiger partial charge in [0.25, 0.3) is 0 Å². The lowest BCUT2D eigenvalue weighted by Crippen LogP contribution is -3.06. The highest BCUT2D eigenvalue weighted by molar-refractivity contribution is 5.76. The summed E-state index contributed by atoms with van der Waals surface area (Å²) in [6.07, 6.45) is 6.71. The third-order valence-corrected chi connectivity index (χ3v) is 8.80. The molecule has 0 aromatic carbocycles. The molecule has 0 radical (unpaired) electrons. The van der Waals surface area contributed by atoms with Crippen LogP contribution < -0.4 is 10.0 Å². The molecule has 11 nitrogen and oxygen atoms in total. The lowest BCUT2D eigenvalue weighted by molar-refractivity contribution is -0.858. The van der Waals surface area contributed by atoms with Crippen LogP contribution in [0, 0.1) is 21.7 Å². The van der Waals surface area contributed by atoms with Crippen LogP contribution in [0.3, 0.4) is 0 Å². The fourth-order valence-corrected chi connectivity index (χ4v) is 3.07. The van der Waals surface area contributed by atoms with Gasteiger partial charge < -0.3 is 38.5 Å². The topological polar surface area (TPSA) is 142 Å². The van der Waals surface area contributed by atoms with E-state index >= 15 is 0 Å². The van der Waals surface area contributed by atoms with E-state index in [0.29, 0.717) is 45.9 Å². The monoisotopic (exact) mass is 752 g/mol. The number of aliphatic carboxylic acids is 1. The number of carbonyl (C=O) groups is 4. The van der Waals surface area contributed by atoms with Gasteiger partial charge in [-0.1, -0.05) is 75.2 Å². The molecule has 0 aromatic rings. The Hall–Kier alpha value is -2.24. The van der Waals surface area contributed by atoms with Crippen LogP contribution in [0.4, 0.5) is 0 Å². The van der Waals surface area contributed by atoms with Gasteiger partial charge >= 0.3 is 17.9 Å². The summed E-state index contributed by atoms with van der Waals surface area (Å²) in [5.74, 6) is -1.30. The molecule has 0 aliphatic rings. The Bertz CT molecular complexity index is 887. The minimum absolute atomic E-state index is 0.00926. The molecule has 0 amide bonds. The number of ether oxygens (including phenoxy) is 5. The summed E-state index contributed by atoms with van der Waals surface area (Å²) in [5, 5.41) is 10.5. The number of hydrogen-bond acceptors (Lipinski definition) is 10. The third kappa shape index (κ3) is 32.4. The van der Waals surface area contributed by atoms with Gasteiger partial charge in [-0.2, -0.15) is 0 Å². The van der Waals surface area contributed by atoms with Crippen LogP contribution in [-0.2, 0) is 42.9 Å². The minimum Gasteiger partial charge on any atom is -0.550 e. The van der Waals surface area contributed by atoms with Gasteiger partial charge in [0.1, 0.15) is 13.2 Å². The molecule has 0 aliphatic heterocycles. The molecule has 11 heteroatoms. The number of likely N-dealkylation sites (N-methyl/N-ethyl adjacent to an activating group) is 1. The van der Waals surface area contributed by atoms with Crippen LogP contribution in [0.1, 0.15) is 162 Å². The van der Waals surface area contributed by atoms with Gasteiger partial charge in [0.2, 0.25) is 0 Å². The van der Waals surface area contributed by atoms with E-state index in [9.17, 15) is 24.3 Å². The number of nitrogens with one attached hydrogen (secondary N) is 1. The average Bonchev–Trinajstić information content (AvgIpc) is 3.11. The molecule has 1 N–H and O–H groups in total. The van der Waals surface area contributed by atoms with E-state index in [-0.39, 0.29) is 35.5 Å². The summed E-state index contributed by atoms with van der Waals surface area (Å²) in [4.78, 5) is 46.1. The third-order valence-electron chi connectivity index (χ3n) is 8.80. The highest BCUT2D eigenvalue weighted by atomic mass is 16.7. The van der Waals surface area contributed by atoms with Crippen molar-refractivity contribution in [2.45, 2.75) is 162 Å². The maximum Gasteiger partial charge on any atom is 0.313 e. The van der Waals surface area contributed by atoms with Gasteiger partial charge in [-0.3, -0.25) is 14.4 Å². The number of carbonyl (C=O) groups excluding carboxylic acids is 4. The van der Waals surface area contributed by atoms with E-state index in [4.69, 9.17) is 23.7 Å². The second-order valence-corrected chi connectivity index (χ2v) is 14.9. The molecule has 314 valence electrons. The van der Waals surface area contributed by atoms with Gasteiger partial charge in [-0.25, -0.2) is 0 Å². The Balaban J connectivity index is -0.000000187. The second kappa shape index (κ2) is 34.5. The fraction of sp³-hybridized carbons (Fsp3) is 0.902. The number of unbranched alkanes of at least 4 members (excludes halogenated alkanes) is 1. The molecule has 52 heavy (non-hydrogen) atoms. The van der Waals surface area contributed by atoms with Crippen molar-refractivity contribution in [2.24, 2.45) is 21.7 Å². The van der Waals surface area contributed by atoms with Crippen molar-refractivity contribution < 1.29 is 52.9 Å². The smallest absolute Gasteiger partial charge is 0.313 e. The summed E-state index contributed by atoms with van der Waals surface area (Å²) in [5.41, 5.74) is -1.67. The molecule has 0 saturated carbocycles. The van der Waals surface area contributed by atoms with Gasteiger partial charge in [0, 0.05) is 18.0 Å². The molecule has 0 rings (SSSR count). The standard InChI is InChI=1S/C11H22O4.C10H21NO2.C10H20O2.C8H16O2.C2H6/c1-5-11(3,4)10(12)15-9-14-8-7-13-6-2;1-6-10(2,3)9(12)13-8-7-11(4)5;1-5-7-8-12-9(11)10(3,4)6-2;1-4-6-8(3,5-2)7(9)10;1-2/h5-9H2,1-4H3;6-8H2,1-5H3;5-8H2,1-4H3;4-6H2,1-3H3,(H,9,10);1-2H3. The Labute approximate surface area is 320 Å². The minimum atomic E-state index is -0.920. The summed E-state index contributed by atoms with van der Waals surface area (Å²) in [7, 11) is 4.08. The van der Waals surface area contributed by atoms with Crippen LogP contribution in [0.25, 0.3) is 0 Å². The van der Waals surface area contributed by atoms with Crippen LogP contribution in [0.5, 0.6) is 0 Å². The highest BCUT2D eigenvalue weighted by Gasteiger charge is 2.28. The van der Waals surface area contributed by atoms with Crippen molar-refractivity contribution >= 4 is 23.9 Å². The normalized spacial score (nSPS) is 12.1. The van der Waals surface area contributed by atoms with Crippen LogP contribution in [0.2, 0.25) is 0 Å². The number of carboxylic acid groups (broad SMARTS) is 1. The Morgan fingerprint density at radius 2 is 0.962 bits per heavy atom. The van der Waals surface area contributed by atoms with Crippen molar-refractivity contribution in [3.63, 3.8) is 0 Å². The second-order valence-electron chi connectivity index (χ2n) is 14.9. The quantitative estimate of drug-likeness (QED) is 0.0542. The average molecular weight is 752 g/mol. The van der Waals surface area contributed by atoms with E-state index in [0.717, 1.165) is 45.1 Å². The first kappa shape index (κ1) is 59.1.